The molecule has 0 saturated carbocycles. The van der Waals surface area contributed by atoms with Crippen molar-refractivity contribution in [1.29, 1.82) is 0 Å². The Morgan fingerprint density at radius 3 is 2.53 bits per heavy atom. The van der Waals surface area contributed by atoms with Gasteiger partial charge in [0.05, 0.1) is 0 Å². The molecule has 2 saturated heterocycles. The normalized spacial score (nSPS) is 25.0. The van der Waals surface area contributed by atoms with Crippen molar-refractivity contribution < 1.29 is 23.9 Å². The van der Waals surface area contributed by atoms with Crippen LogP contribution < -0.4 is 5.32 Å². The van der Waals surface area contributed by atoms with Crippen LogP contribution in [0.4, 0.5) is 4.79 Å². The predicted octanol–water partition coefficient (Wildman–Crippen LogP) is 4.11. The Hall–Kier alpha value is -2.83. The number of alkyl carbamates (subject to hydrolysis) is 1. The van der Waals surface area contributed by atoms with Crippen molar-refractivity contribution in [3.05, 3.63) is 47.5 Å². The average molecular weight is 443 g/mol. The summed E-state index contributed by atoms with van der Waals surface area (Å²) in [6.07, 6.45) is 4.71. The van der Waals surface area contributed by atoms with Gasteiger partial charge in [-0.3, -0.25) is 4.79 Å². The molecular weight excluding hydrogens is 408 g/mol. The van der Waals surface area contributed by atoms with E-state index in [0.717, 1.165) is 30.4 Å². The van der Waals surface area contributed by atoms with Crippen LogP contribution in [0.2, 0.25) is 0 Å². The van der Waals surface area contributed by atoms with Crippen LogP contribution in [0.3, 0.4) is 0 Å². The molecule has 2 heterocycles. The lowest BCUT2D eigenvalue weighted by Crippen LogP contribution is -2.55. The lowest BCUT2D eigenvalue weighted by Gasteiger charge is -2.35. The Kier molecular flexibility index (Phi) is 7.59. The summed E-state index contributed by atoms with van der Waals surface area (Å²) in [6.45, 7) is 7.45. The van der Waals surface area contributed by atoms with Gasteiger partial charge >= 0.3 is 12.1 Å². The maximum Gasteiger partial charge on any atom is 0.408 e. The zero-order chi connectivity index (χ0) is 23.3. The molecule has 0 bridgehead atoms. The summed E-state index contributed by atoms with van der Waals surface area (Å²) in [5, 5.41) is 2.74. The van der Waals surface area contributed by atoms with E-state index >= 15 is 0 Å². The third kappa shape index (κ3) is 6.11. The first kappa shape index (κ1) is 23.8. The molecule has 0 radical (unpaired) electrons. The van der Waals surface area contributed by atoms with Crippen molar-refractivity contribution in [2.24, 2.45) is 0 Å². The van der Waals surface area contributed by atoms with Gasteiger partial charge in [0.2, 0.25) is 5.91 Å². The highest BCUT2D eigenvalue weighted by Crippen LogP contribution is 2.33. The monoisotopic (exact) mass is 442 g/mol. The van der Waals surface area contributed by atoms with Gasteiger partial charge in [-0.1, -0.05) is 42.0 Å². The Morgan fingerprint density at radius 1 is 1.16 bits per heavy atom. The molecule has 2 aliphatic heterocycles. The van der Waals surface area contributed by atoms with Crippen LogP contribution in [-0.2, 0) is 25.7 Å². The number of ether oxygens (including phenoxy) is 2. The summed E-state index contributed by atoms with van der Waals surface area (Å²) in [6, 6.07) is 8.02. The number of rotatable bonds is 4. The SMILES string of the molecule is C/C=C1/CC[C@H]2CC[C@@H](C(=O)OCc3ccccc3)N2C(=O)[C@@H](NC(=O)OC(C)(C)C)C1. The highest BCUT2D eigenvalue weighted by atomic mass is 16.6. The molecule has 7 heteroatoms. The van der Waals surface area contributed by atoms with Gasteiger partial charge in [0.25, 0.3) is 0 Å². The van der Waals surface area contributed by atoms with Crippen molar-refractivity contribution in [1.82, 2.24) is 10.2 Å². The second-order valence-corrected chi connectivity index (χ2v) is 9.47. The molecule has 3 atom stereocenters. The van der Waals surface area contributed by atoms with E-state index in [1.807, 2.05) is 43.3 Å². The van der Waals surface area contributed by atoms with Crippen LogP contribution in [0.25, 0.3) is 0 Å². The topological polar surface area (TPSA) is 84.9 Å². The van der Waals surface area contributed by atoms with E-state index in [9.17, 15) is 14.4 Å². The Labute approximate surface area is 190 Å². The minimum atomic E-state index is -0.777. The second kappa shape index (κ2) is 10.2. The number of carbonyl (C=O) groups is 3. The molecule has 2 fully saturated rings. The molecule has 174 valence electrons. The molecule has 0 aliphatic carbocycles. The fourth-order valence-electron chi connectivity index (χ4n) is 4.36. The van der Waals surface area contributed by atoms with Gasteiger partial charge in [-0.15, -0.1) is 0 Å². The summed E-state index contributed by atoms with van der Waals surface area (Å²) in [5.41, 5.74) is 1.35. The van der Waals surface area contributed by atoms with E-state index in [1.54, 1.807) is 25.7 Å². The summed E-state index contributed by atoms with van der Waals surface area (Å²) in [5.74, 6) is -0.647. The number of esters is 1. The Bertz CT molecular complexity index is 859. The fraction of sp³-hybridized carbons (Fsp3) is 0.560. The minimum absolute atomic E-state index is 0.0463. The van der Waals surface area contributed by atoms with Gasteiger partial charge in [-0.25, -0.2) is 9.59 Å². The minimum Gasteiger partial charge on any atom is -0.459 e. The van der Waals surface area contributed by atoms with Gasteiger partial charge in [0.1, 0.15) is 24.3 Å². The molecule has 1 aromatic carbocycles. The van der Waals surface area contributed by atoms with Crippen molar-refractivity contribution in [2.75, 3.05) is 0 Å². The smallest absolute Gasteiger partial charge is 0.408 e. The van der Waals surface area contributed by atoms with Crippen molar-refractivity contribution in [2.45, 2.75) is 90.1 Å². The van der Waals surface area contributed by atoms with Crippen LogP contribution in [-0.4, -0.2) is 46.6 Å². The summed E-state index contributed by atoms with van der Waals surface area (Å²) in [7, 11) is 0. The van der Waals surface area contributed by atoms with Gasteiger partial charge in [0.15, 0.2) is 0 Å². The number of allylic oxidation sites excluding steroid dienone is 1. The maximum atomic E-state index is 13.6. The zero-order valence-corrected chi connectivity index (χ0v) is 19.4. The highest BCUT2D eigenvalue weighted by Gasteiger charge is 2.45. The van der Waals surface area contributed by atoms with Crippen molar-refractivity contribution in [3.8, 4) is 0 Å². The number of carbonyl (C=O) groups excluding carboxylic acids is 3. The summed E-state index contributed by atoms with van der Waals surface area (Å²) >= 11 is 0. The molecule has 0 aromatic heterocycles. The standard InChI is InChI=1S/C25H34N2O5/c1-5-17-11-12-19-13-14-21(23(29)31-16-18-9-7-6-8-10-18)27(19)22(28)20(15-17)26-24(30)32-25(2,3)4/h5-10,19-21H,11-16H2,1-4H3,(H,26,30)/b17-5-/t19-,20-,21-/m0/s1. The number of nitrogens with zero attached hydrogens (tertiary/aromatic N) is 1. The van der Waals surface area contributed by atoms with Crippen molar-refractivity contribution >= 4 is 18.0 Å². The first-order chi connectivity index (χ1) is 15.2. The molecule has 2 aliphatic rings. The number of amides is 2. The fourth-order valence-corrected chi connectivity index (χ4v) is 4.36. The summed E-state index contributed by atoms with van der Waals surface area (Å²) < 4.78 is 10.9. The van der Waals surface area contributed by atoms with E-state index < -0.39 is 29.7 Å². The molecule has 7 nitrogen and oxygen atoms in total. The maximum absolute atomic E-state index is 13.6. The third-order valence-corrected chi connectivity index (χ3v) is 5.92. The van der Waals surface area contributed by atoms with E-state index in [4.69, 9.17) is 9.47 Å². The van der Waals surface area contributed by atoms with E-state index in [0.29, 0.717) is 12.8 Å². The van der Waals surface area contributed by atoms with Crippen LogP contribution in [0.15, 0.2) is 42.0 Å². The largest absolute Gasteiger partial charge is 0.459 e. The third-order valence-electron chi connectivity index (χ3n) is 5.92. The Balaban J connectivity index is 1.75. The number of hydrogen-bond acceptors (Lipinski definition) is 5. The molecule has 2 amide bonds. The predicted molar refractivity (Wildman–Crippen MR) is 121 cm³/mol. The van der Waals surface area contributed by atoms with Crippen LogP contribution >= 0.6 is 0 Å². The lowest BCUT2D eigenvalue weighted by atomic mass is 9.94. The first-order valence-electron chi connectivity index (χ1n) is 11.3. The molecule has 32 heavy (non-hydrogen) atoms. The molecule has 1 N–H and O–H groups in total. The van der Waals surface area contributed by atoms with Crippen LogP contribution in [0.5, 0.6) is 0 Å². The van der Waals surface area contributed by atoms with Gasteiger partial charge in [-0.05, 0) is 65.4 Å². The number of nitrogens with one attached hydrogen (secondary N) is 1. The molecule has 1 aromatic rings. The van der Waals surface area contributed by atoms with Gasteiger partial charge < -0.3 is 19.7 Å². The lowest BCUT2D eigenvalue weighted by molar-refractivity contribution is -0.156. The first-order valence-corrected chi connectivity index (χ1v) is 11.3. The number of benzene rings is 1. The van der Waals surface area contributed by atoms with Crippen molar-refractivity contribution in [3.63, 3.8) is 0 Å². The second-order valence-electron chi connectivity index (χ2n) is 9.47. The van der Waals surface area contributed by atoms with Gasteiger partial charge in [-0.2, -0.15) is 0 Å². The van der Waals surface area contributed by atoms with Crippen LogP contribution in [0, 0.1) is 0 Å². The molecular formula is C25H34N2O5. The molecule has 0 spiro atoms. The Morgan fingerprint density at radius 2 is 1.88 bits per heavy atom. The highest BCUT2D eigenvalue weighted by molar-refractivity contribution is 5.91. The molecule has 3 rings (SSSR count). The molecule has 0 unspecified atom stereocenters. The zero-order valence-electron chi connectivity index (χ0n) is 19.4. The number of fused-ring (bicyclic) bond motifs is 1. The van der Waals surface area contributed by atoms with E-state index in [-0.39, 0.29) is 18.6 Å². The van der Waals surface area contributed by atoms with Crippen LogP contribution in [0.1, 0.15) is 65.4 Å². The van der Waals surface area contributed by atoms with Gasteiger partial charge in [0, 0.05) is 6.04 Å². The summed E-state index contributed by atoms with van der Waals surface area (Å²) in [4.78, 5) is 40.5. The van der Waals surface area contributed by atoms with E-state index in [1.165, 1.54) is 0 Å². The van der Waals surface area contributed by atoms with E-state index in [2.05, 4.69) is 5.32 Å². The quantitative estimate of drug-likeness (QED) is 0.560. The average Bonchev–Trinajstić information content (AvgIpc) is 3.15. The number of hydrogen-bond donors (Lipinski definition) is 1.